The molecular formula is C14H7Cl3N2O2. The summed E-state index contributed by atoms with van der Waals surface area (Å²) in [6, 6.07) is 11.3. The Hall–Kier alpha value is -1.93. The average Bonchev–Trinajstić information content (AvgIpc) is 2.44. The molecule has 0 aliphatic rings. The highest BCUT2D eigenvalue weighted by Gasteiger charge is 1.96. The first-order valence-electron chi connectivity index (χ1n) is 5.43. The van der Waals surface area contributed by atoms with Gasteiger partial charge in [-0.05, 0) is 36.4 Å². The zero-order valence-electron chi connectivity index (χ0n) is 10.4. The predicted octanol–water partition coefficient (Wildman–Crippen LogP) is 5.27. The third-order valence-corrected chi connectivity index (χ3v) is 3.03. The summed E-state index contributed by atoms with van der Waals surface area (Å²) < 4.78 is 0. The van der Waals surface area contributed by atoms with Gasteiger partial charge in [0.25, 0.3) is 0 Å². The molecule has 0 saturated carbocycles. The van der Waals surface area contributed by atoms with Crippen molar-refractivity contribution in [3.8, 4) is 0 Å². The normalized spacial score (nSPS) is 8.71. The van der Waals surface area contributed by atoms with Crippen LogP contribution in [0.5, 0.6) is 0 Å². The van der Waals surface area contributed by atoms with Crippen molar-refractivity contribution in [1.82, 2.24) is 0 Å². The quantitative estimate of drug-likeness (QED) is 0.552. The zero-order valence-corrected chi connectivity index (χ0v) is 12.7. The summed E-state index contributed by atoms with van der Waals surface area (Å²) in [6.45, 7) is 0. The molecule has 0 aliphatic carbocycles. The second kappa shape index (κ2) is 9.09. The van der Waals surface area contributed by atoms with Gasteiger partial charge in [0.1, 0.15) is 0 Å². The van der Waals surface area contributed by atoms with Gasteiger partial charge >= 0.3 is 0 Å². The van der Waals surface area contributed by atoms with Crippen LogP contribution in [0.2, 0.25) is 15.1 Å². The lowest BCUT2D eigenvalue weighted by atomic mass is 10.3. The molecule has 0 bridgehead atoms. The molecule has 7 heteroatoms. The molecule has 2 aromatic carbocycles. The molecule has 0 saturated heterocycles. The third-order valence-electron chi connectivity index (χ3n) is 2.06. The van der Waals surface area contributed by atoms with Gasteiger partial charge in [-0.1, -0.05) is 40.9 Å². The van der Waals surface area contributed by atoms with Crippen molar-refractivity contribution < 1.29 is 9.59 Å². The van der Waals surface area contributed by atoms with E-state index in [1.807, 2.05) is 0 Å². The first-order chi connectivity index (χ1) is 10.1. The number of rotatable bonds is 2. The maximum atomic E-state index is 9.80. The van der Waals surface area contributed by atoms with Crippen molar-refractivity contribution in [2.45, 2.75) is 0 Å². The number of hydrogen-bond acceptors (Lipinski definition) is 4. The van der Waals surface area contributed by atoms with Crippen LogP contribution in [0.25, 0.3) is 0 Å². The molecule has 0 spiro atoms. The molecule has 0 N–H and O–H groups in total. The fourth-order valence-corrected chi connectivity index (χ4v) is 1.68. The first-order valence-corrected chi connectivity index (χ1v) is 6.56. The molecule has 2 aromatic rings. The molecule has 0 amide bonds. The molecule has 4 nitrogen and oxygen atoms in total. The standard InChI is InChI=1S/C7H3Cl2NO.C7H4ClNO/c8-6-2-1-5(10-4-11)3-7(6)9;8-6-2-1-3-7(4-6)9-5-10/h1-3H;1-4H. The second-order valence-corrected chi connectivity index (χ2v) is 4.74. The number of benzene rings is 2. The monoisotopic (exact) mass is 340 g/mol. The van der Waals surface area contributed by atoms with E-state index in [2.05, 4.69) is 9.98 Å². The highest BCUT2D eigenvalue weighted by atomic mass is 35.5. The topological polar surface area (TPSA) is 58.9 Å². The Bertz CT molecular complexity index is 722. The minimum atomic E-state index is 0.378. The van der Waals surface area contributed by atoms with Gasteiger partial charge < -0.3 is 0 Å². The Kier molecular flexibility index (Phi) is 7.41. The van der Waals surface area contributed by atoms with Crippen LogP contribution in [0.3, 0.4) is 0 Å². The van der Waals surface area contributed by atoms with Gasteiger partial charge in [0.15, 0.2) is 0 Å². The Morgan fingerprint density at radius 1 is 0.762 bits per heavy atom. The molecule has 2 rings (SSSR count). The van der Waals surface area contributed by atoms with E-state index in [4.69, 9.17) is 34.8 Å². The van der Waals surface area contributed by atoms with Crippen molar-refractivity contribution in [3.05, 3.63) is 57.5 Å². The molecule has 0 aliphatic heterocycles. The zero-order chi connectivity index (χ0) is 15.7. The summed E-state index contributed by atoms with van der Waals surface area (Å²) >= 11 is 16.8. The van der Waals surface area contributed by atoms with E-state index in [1.54, 1.807) is 36.4 Å². The van der Waals surface area contributed by atoms with Crippen LogP contribution in [-0.2, 0) is 9.59 Å². The fraction of sp³-hybridized carbons (Fsp3) is 0. The molecule has 0 aromatic heterocycles. The van der Waals surface area contributed by atoms with Crippen LogP contribution >= 0.6 is 34.8 Å². The minimum Gasteiger partial charge on any atom is -0.211 e. The average molecular weight is 342 g/mol. The maximum Gasteiger partial charge on any atom is 0.240 e. The lowest BCUT2D eigenvalue weighted by Crippen LogP contribution is -1.67. The van der Waals surface area contributed by atoms with Crippen LogP contribution in [0.15, 0.2) is 52.4 Å². The number of nitrogens with zero attached hydrogens (tertiary/aromatic N) is 2. The molecule has 0 fully saturated rings. The van der Waals surface area contributed by atoms with E-state index in [1.165, 1.54) is 18.2 Å². The SMILES string of the molecule is O=C=Nc1ccc(Cl)c(Cl)c1.O=C=Nc1cccc(Cl)c1. The fourth-order valence-electron chi connectivity index (χ4n) is 1.21. The predicted molar refractivity (Wildman–Crippen MR) is 83.5 cm³/mol. The van der Waals surface area contributed by atoms with Crippen molar-refractivity contribution >= 4 is 58.3 Å². The number of hydrogen-bond donors (Lipinski definition) is 0. The summed E-state index contributed by atoms with van der Waals surface area (Å²) in [5.41, 5.74) is 0.983. The van der Waals surface area contributed by atoms with Crippen molar-refractivity contribution in [1.29, 1.82) is 0 Å². The Morgan fingerprint density at radius 2 is 1.38 bits per heavy atom. The minimum absolute atomic E-state index is 0.378. The third kappa shape index (κ3) is 6.37. The van der Waals surface area contributed by atoms with Gasteiger partial charge in [-0.3, -0.25) is 0 Å². The number of halogens is 3. The van der Waals surface area contributed by atoms with E-state index >= 15 is 0 Å². The summed E-state index contributed by atoms with van der Waals surface area (Å²) in [4.78, 5) is 26.3. The lowest BCUT2D eigenvalue weighted by molar-refractivity contribution is 0.564. The van der Waals surface area contributed by atoms with Crippen LogP contribution in [0, 0.1) is 0 Å². The Morgan fingerprint density at radius 3 is 1.90 bits per heavy atom. The van der Waals surface area contributed by atoms with Gasteiger partial charge in [-0.15, -0.1) is 0 Å². The summed E-state index contributed by atoms with van der Waals surface area (Å²) in [5, 5.41) is 1.39. The van der Waals surface area contributed by atoms with Crippen molar-refractivity contribution in [3.63, 3.8) is 0 Å². The molecule has 0 unspecified atom stereocenters. The smallest absolute Gasteiger partial charge is 0.211 e. The summed E-state index contributed by atoms with van der Waals surface area (Å²) in [7, 11) is 0. The number of isocyanates is 2. The molecular weight excluding hydrogens is 335 g/mol. The van der Waals surface area contributed by atoms with Crippen LogP contribution < -0.4 is 0 Å². The van der Waals surface area contributed by atoms with E-state index in [0.717, 1.165) is 0 Å². The highest BCUT2D eigenvalue weighted by Crippen LogP contribution is 2.26. The van der Waals surface area contributed by atoms with Crippen molar-refractivity contribution in [2.24, 2.45) is 9.98 Å². The molecule has 0 heterocycles. The lowest BCUT2D eigenvalue weighted by Gasteiger charge is -1.93. The van der Waals surface area contributed by atoms with E-state index < -0.39 is 0 Å². The van der Waals surface area contributed by atoms with Gasteiger partial charge in [0.2, 0.25) is 12.2 Å². The van der Waals surface area contributed by atoms with Gasteiger partial charge in [0, 0.05) is 5.02 Å². The first kappa shape index (κ1) is 17.1. The molecule has 21 heavy (non-hydrogen) atoms. The van der Waals surface area contributed by atoms with Crippen LogP contribution in [0.1, 0.15) is 0 Å². The van der Waals surface area contributed by atoms with Crippen LogP contribution in [-0.4, -0.2) is 12.2 Å². The van der Waals surface area contributed by atoms with Crippen molar-refractivity contribution in [2.75, 3.05) is 0 Å². The van der Waals surface area contributed by atoms with Gasteiger partial charge in [-0.25, -0.2) is 9.59 Å². The maximum absolute atomic E-state index is 9.80. The van der Waals surface area contributed by atoms with E-state index in [0.29, 0.717) is 26.4 Å². The number of aliphatic imine (C=N–C) groups is 2. The van der Waals surface area contributed by atoms with E-state index in [-0.39, 0.29) is 0 Å². The highest BCUT2D eigenvalue weighted by molar-refractivity contribution is 6.42. The number of carbonyl (C=O) groups excluding carboxylic acids is 2. The Balaban J connectivity index is 0.000000211. The second-order valence-electron chi connectivity index (χ2n) is 3.48. The van der Waals surface area contributed by atoms with Crippen LogP contribution in [0.4, 0.5) is 11.4 Å². The van der Waals surface area contributed by atoms with Gasteiger partial charge in [0.05, 0.1) is 21.4 Å². The molecule has 106 valence electrons. The van der Waals surface area contributed by atoms with E-state index in [9.17, 15) is 9.59 Å². The Labute approximate surface area is 135 Å². The molecule has 0 radical (unpaired) electrons. The van der Waals surface area contributed by atoms with Gasteiger partial charge in [-0.2, -0.15) is 9.98 Å². The summed E-state index contributed by atoms with van der Waals surface area (Å²) in [5.74, 6) is 0. The largest absolute Gasteiger partial charge is 0.240 e. The molecule has 0 atom stereocenters. The summed E-state index contributed by atoms with van der Waals surface area (Å²) in [6.07, 6.45) is 2.83.